The highest BCUT2D eigenvalue weighted by atomic mass is 32.2. The van der Waals surface area contributed by atoms with Crippen molar-refractivity contribution >= 4 is 29.5 Å². The van der Waals surface area contributed by atoms with Gasteiger partial charge in [0.1, 0.15) is 5.75 Å². The van der Waals surface area contributed by atoms with Crippen LogP contribution in [0.4, 0.5) is 0 Å². The van der Waals surface area contributed by atoms with E-state index in [9.17, 15) is 14.7 Å². The molecule has 1 aliphatic rings. The van der Waals surface area contributed by atoms with E-state index in [0.717, 1.165) is 34.2 Å². The Labute approximate surface area is 185 Å². The molecule has 1 atom stereocenters. The molecule has 0 bridgehead atoms. The number of nitrogens with zero attached hydrogens (tertiary/aromatic N) is 1. The molecule has 1 saturated heterocycles. The third kappa shape index (κ3) is 4.71. The van der Waals surface area contributed by atoms with Gasteiger partial charge in [0.15, 0.2) is 11.3 Å². The normalized spacial score (nSPS) is 17.2. The summed E-state index contributed by atoms with van der Waals surface area (Å²) in [4.78, 5) is 27.1. The van der Waals surface area contributed by atoms with Gasteiger partial charge in [0.2, 0.25) is 0 Å². The molecular weight excluding hydrogens is 410 g/mol. The Morgan fingerprint density at radius 1 is 1.00 bits per heavy atom. The lowest BCUT2D eigenvalue weighted by molar-refractivity contribution is -0.129. The summed E-state index contributed by atoms with van der Waals surface area (Å²) in [7, 11) is 1.59. The van der Waals surface area contributed by atoms with Gasteiger partial charge >= 0.3 is 0 Å². The van der Waals surface area contributed by atoms with Crippen LogP contribution in [-0.4, -0.2) is 40.9 Å². The molecule has 1 N–H and O–H groups in total. The maximum absolute atomic E-state index is 12.7. The molecule has 0 spiro atoms. The summed E-state index contributed by atoms with van der Waals surface area (Å²) >= 11 is 1.03. The Morgan fingerprint density at radius 3 is 2.29 bits per heavy atom. The van der Waals surface area contributed by atoms with Gasteiger partial charge in [-0.2, -0.15) is 0 Å². The van der Waals surface area contributed by atoms with Gasteiger partial charge in [-0.15, -0.1) is 0 Å². The Balaban J connectivity index is 1.45. The fourth-order valence-electron chi connectivity index (χ4n) is 3.29. The summed E-state index contributed by atoms with van der Waals surface area (Å²) in [6.45, 7) is -0.183. The molecule has 0 aromatic heterocycles. The van der Waals surface area contributed by atoms with E-state index >= 15 is 0 Å². The SMILES string of the molecule is COc1ccc(C=C2SC(O)N(CC(=O)c3ccc(-c4ccccc4)cc3)C2=O)cc1. The monoisotopic (exact) mass is 431 g/mol. The fraction of sp³-hybridized carbons (Fsp3) is 0.120. The van der Waals surface area contributed by atoms with E-state index in [2.05, 4.69) is 0 Å². The average molecular weight is 432 g/mol. The Morgan fingerprint density at radius 2 is 1.65 bits per heavy atom. The third-order valence-corrected chi connectivity index (χ3v) is 6.02. The van der Waals surface area contributed by atoms with Crippen LogP contribution in [0, 0.1) is 0 Å². The minimum absolute atomic E-state index is 0.183. The minimum Gasteiger partial charge on any atom is -0.497 e. The number of ether oxygens (including phenoxy) is 1. The molecule has 5 nitrogen and oxygen atoms in total. The zero-order valence-corrected chi connectivity index (χ0v) is 17.7. The number of carbonyl (C=O) groups is 2. The van der Waals surface area contributed by atoms with Crippen molar-refractivity contribution in [2.45, 2.75) is 5.56 Å². The van der Waals surface area contributed by atoms with Crippen LogP contribution in [0.5, 0.6) is 5.75 Å². The topological polar surface area (TPSA) is 66.8 Å². The van der Waals surface area contributed by atoms with Gasteiger partial charge < -0.3 is 9.84 Å². The van der Waals surface area contributed by atoms with E-state index < -0.39 is 5.56 Å². The predicted molar refractivity (Wildman–Crippen MR) is 122 cm³/mol. The smallest absolute Gasteiger partial charge is 0.263 e. The number of aliphatic hydroxyl groups excluding tert-OH is 1. The average Bonchev–Trinajstić information content (AvgIpc) is 3.07. The van der Waals surface area contributed by atoms with Crippen molar-refractivity contribution in [3.05, 3.63) is 94.9 Å². The first-order valence-electron chi connectivity index (χ1n) is 9.75. The van der Waals surface area contributed by atoms with Gasteiger partial charge in [0.05, 0.1) is 18.6 Å². The zero-order valence-electron chi connectivity index (χ0n) is 16.9. The molecule has 1 unspecified atom stereocenters. The number of rotatable bonds is 6. The van der Waals surface area contributed by atoms with Crippen molar-refractivity contribution in [2.75, 3.05) is 13.7 Å². The number of aliphatic hydroxyl groups is 1. The van der Waals surface area contributed by atoms with Crippen molar-refractivity contribution < 1.29 is 19.4 Å². The van der Waals surface area contributed by atoms with Gasteiger partial charge in [-0.25, -0.2) is 0 Å². The van der Waals surface area contributed by atoms with Crippen LogP contribution in [0.3, 0.4) is 0 Å². The van der Waals surface area contributed by atoms with Crippen LogP contribution in [-0.2, 0) is 4.79 Å². The van der Waals surface area contributed by atoms with E-state index in [0.29, 0.717) is 10.5 Å². The molecule has 31 heavy (non-hydrogen) atoms. The third-order valence-electron chi connectivity index (χ3n) is 5.01. The molecule has 3 aromatic carbocycles. The van der Waals surface area contributed by atoms with Crippen LogP contribution in [0.2, 0.25) is 0 Å². The standard InChI is InChI=1S/C25H21NO4S/c1-30-21-13-7-17(8-14-21)15-23-24(28)26(25(29)31-23)16-22(27)20-11-9-19(10-12-20)18-5-3-2-4-6-18/h2-15,25,29H,16H2,1H3. The van der Waals surface area contributed by atoms with E-state index in [-0.39, 0.29) is 18.2 Å². The molecule has 6 heteroatoms. The van der Waals surface area contributed by atoms with Crippen molar-refractivity contribution in [2.24, 2.45) is 0 Å². The molecule has 4 rings (SSSR count). The highest BCUT2D eigenvalue weighted by molar-refractivity contribution is 8.05. The number of ketones is 1. The van der Waals surface area contributed by atoms with Crippen LogP contribution >= 0.6 is 11.8 Å². The lowest BCUT2D eigenvalue weighted by Crippen LogP contribution is -2.36. The van der Waals surface area contributed by atoms with Crippen molar-refractivity contribution in [1.29, 1.82) is 0 Å². The molecule has 1 fully saturated rings. The van der Waals surface area contributed by atoms with Gasteiger partial charge in [0.25, 0.3) is 5.91 Å². The molecule has 156 valence electrons. The number of benzene rings is 3. The fourth-order valence-corrected chi connectivity index (χ4v) is 4.24. The summed E-state index contributed by atoms with van der Waals surface area (Å²) in [5, 5.41) is 10.3. The van der Waals surface area contributed by atoms with E-state index in [1.165, 1.54) is 4.90 Å². The summed E-state index contributed by atoms with van der Waals surface area (Å²) in [5.74, 6) is 0.138. The van der Waals surface area contributed by atoms with Crippen molar-refractivity contribution in [3.63, 3.8) is 0 Å². The molecule has 3 aromatic rings. The van der Waals surface area contributed by atoms with Crippen molar-refractivity contribution in [1.82, 2.24) is 4.90 Å². The molecule has 1 heterocycles. The number of thioether (sulfide) groups is 1. The first-order valence-corrected chi connectivity index (χ1v) is 10.6. The second kappa shape index (κ2) is 9.20. The van der Waals surface area contributed by atoms with Gasteiger partial charge in [0, 0.05) is 5.56 Å². The molecule has 1 amide bonds. The lowest BCUT2D eigenvalue weighted by atomic mass is 10.0. The molecular formula is C25H21NO4S. The maximum atomic E-state index is 12.7. The molecule has 0 aliphatic carbocycles. The lowest BCUT2D eigenvalue weighted by Gasteiger charge is -2.17. The van der Waals surface area contributed by atoms with Crippen LogP contribution in [0.15, 0.2) is 83.8 Å². The number of Topliss-reactive ketones (excluding diaryl/α,β-unsaturated/α-hetero) is 1. The minimum atomic E-state index is -1.09. The van der Waals surface area contributed by atoms with E-state index in [1.807, 2.05) is 54.6 Å². The van der Waals surface area contributed by atoms with Crippen LogP contribution in [0.1, 0.15) is 15.9 Å². The van der Waals surface area contributed by atoms with Gasteiger partial charge in [-0.05, 0) is 34.9 Å². The largest absolute Gasteiger partial charge is 0.497 e. The molecule has 0 radical (unpaired) electrons. The quantitative estimate of drug-likeness (QED) is 0.462. The van der Waals surface area contributed by atoms with Crippen LogP contribution in [0.25, 0.3) is 17.2 Å². The second-order valence-electron chi connectivity index (χ2n) is 7.03. The Hall–Kier alpha value is -3.35. The summed E-state index contributed by atoms with van der Waals surface area (Å²) < 4.78 is 5.13. The summed E-state index contributed by atoms with van der Waals surface area (Å²) in [6.07, 6.45) is 1.70. The van der Waals surface area contributed by atoms with Gasteiger partial charge in [-0.1, -0.05) is 78.5 Å². The number of hydrogen-bond donors (Lipinski definition) is 1. The van der Waals surface area contributed by atoms with E-state index in [1.54, 1.807) is 37.5 Å². The first kappa shape index (κ1) is 20.9. The maximum Gasteiger partial charge on any atom is 0.263 e. The highest BCUT2D eigenvalue weighted by Crippen LogP contribution is 2.35. The van der Waals surface area contributed by atoms with Crippen LogP contribution < -0.4 is 4.74 Å². The summed E-state index contributed by atoms with van der Waals surface area (Å²) in [5.41, 5.74) is 2.29. The highest BCUT2D eigenvalue weighted by Gasteiger charge is 2.36. The summed E-state index contributed by atoms with van der Waals surface area (Å²) in [6, 6.07) is 24.4. The molecule has 1 aliphatic heterocycles. The Bertz CT molecular complexity index is 1110. The number of amides is 1. The predicted octanol–water partition coefficient (Wildman–Crippen LogP) is 4.44. The van der Waals surface area contributed by atoms with E-state index in [4.69, 9.17) is 4.74 Å². The number of carbonyl (C=O) groups excluding carboxylic acids is 2. The van der Waals surface area contributed by atoms with Crippen molar-refractivity contribution in [3.8, 4) is 16.9 Å². The first-order chi connectivity index (χ1) is 15.0. The Kier molecular flexibility index (Phi) is 6.21. The zero-order chi connectivity index (χ0) is 21.8. The molecule has 0 saturated carbocycles. The van der Waals surface area contributed by atoms with Gasteiger partial charge in [-0.3, -0.25) is 14.5 Å². The number of methoxy groups -OCH3 is 1. The second-order valence-corrected chi connectivity index (χ2v) is 8.12. The number of hydrogen-bond acceptors (Lipinski definition) is 5.